The summed E-state index contributed by atoms with van der Waals surface area (Å²) in [6.45, 7) is 0.469. The van der Waals surface area contributed by atoms with Gasteiger partial charge in [-0.3, -0.25) is 0 Å². The first-order valence-corrected chi connectivity index (χ1v) is 5.75. The molecule has 0 amide bonds. The minimum atomic E-state index is -0.688. The SMILES string of the molecule is O=CCCc1cc(F)cc(F)c1OCC1CC1. The van der Waals surface area contributed by atoms with Gasteiger partial charge in [0.15, 0.2) is 11.6 Å². The number of rotatable bonds is 6. The Hall–Kier alpha value is -1.45. The van der Waals surface area contributed by atoms with E-state index < -0.39 is 11.6 Å². The maximum absolute atomic E-state index is 13.6. The van der Waals surface area contributed by atoms with Crippen LogP contribution in [0.15, 0.2) is 12.1 Å². The van der Waals surface area contributed by atoms with Crippen LogP contribution < -0.4 is 4.74 Å². The molecule has 2 nitrogen and oxygen atoms in total. The summed E-state index contributed by atoms with van der Waals surface area (Å²) < 4.78 is 32.0. The van der Waals surface area contributed by atoms with Crippen LogP contribution in [0.4, 0.5) is 8.78 Å². The van der Waals surface area contributed by atoms with Gasteiger partial charge in [-0.15, -0.1) is 0 Å². The number of aryl methyl sites for hydroxylation is 1. The molecule has 1 saturated carbocycles. The van der Waals surface area contributed by atoms with E-state index in [1.54, 1.807) is 0 Å². The van der Waals surface area contributed by atoms with Crippen molar-refractivity contribution in [2.75, 3.05) is 6.61 Å². The molecular formula is C13H14F2O2. The number of hydrogen-bond acceptors (Lipinski definition) is 2. The van der Waals surface area contributed by atoms with E-state index in [0.717, 1.165) is 25.2 Å². The zero-order valence-electron chi connectivity index (χ0n) is 9.42. The summed E-state index contributed by atoms with van der Waals surface area (Å²) in [5, 5.41) is 0. The van der Waals surface area contributed by atoms with Gasteiger partial charge in [-0.2, -0.15) is 0 Å². The molecule has 1 aliphatic rings. The summed E-state index contributed by atoms with van der Waals surface area (Å²) in [6.07, 6.45) is 3.48. The van der Waals surface area contributed by atoms with Crippen LogP contribution in [0, 0.1) is 17.6 Å². The van der Waals surface area contributed by atoms with Crippen molar-refractivity contribution in [1.29, 1.82) is 0 Å². The van der Waals surface area contributed by atoms with Gasteiger partial charge in [0.2, 0.25) is 0 Å². The molecule has 1 aromatic rings. The molecule has 1 aromatic carbocycles. The van der Waals surface area contributed by atoms with E-state index in [1.165, 1.54) is 6.07 Å². The topological polar surface area (TPSA) is 26.3 Å². The first-order chi connectivity index (χ1) is 8.20. The van der Waals surface area contributed by atoms with Crippen LogP contribution in [0.2, 0.25) is 0 Å². The second kappa shape index (κ2) is 5.25. The number of aldehydes is 1. The minimum absolute atomic E-state index is 0.0974. The highest BCUT2D eigenvalue weighted by Crippen LogP contribution is 2.32. The first kappa shape index (κ1) is 12.0. The van der Waals surface area contributed by atoms with Crippen molar-refractivity contribution in [3.8, 4) is 5.75 Å². The molecule has 0 aliphatic heterocycles. The van der Waals surface area contributed by atoms with Crippen LogP contribution in [0.5, 0.6) is 5.75 Å². The molecule has 0 heterocycles. The largest absolute Gasteiger partial charge is 0.490 e. The predicted molar refractivity (Wildman–Crippen MR) is 59.0 cm³/mol. The molecule has 0 bridgehead atoms. The van der Waals surface area contributed by atoms with Crippen LogP contribution >= 0.6 is 0 Å². The van der Waals surface area contributed by atoms with E-state index in [4.69, 9.17) is 4.74 Å². The summed E-state index contributed by atoms with van der Waals surface area (Å²) in [6, 6.07) is 2.04. The average molecular weight is 240 g/mol. The fourth-order valence-corrected chi connectivity index (χ4v) is 1.66. The molecule has 0 unspecified atom stereocenters. The Morgan fingerprint density at radius 1 is 1.35 bits per heavy atom. The number of benzene rings is 1. The van der Waals surface area contributed by atoms with E-state index in [1.807, 2.05) is 0 Å². The highest BCUT2D eigenvalue weighted by molar-refractivity contribution is 5.51. The van der Waals surface area contributed by atoms with Crippen molar-refractivity contribution < 1.29 is 18.3 Å². The highest BCUT2D eigenvalue weighted by atomic mass is 19.1. The summed E-state index contributed by atoms with van der Waals surface area (Å²) in [5.41, 5.74) is 0.426. The first-order valence-electron chi connectivity index (χ1n) is 5.75. The van der Waals surface area contributed by atoms with Crippen LogP contribution in [0.3, 0.4) is 0 Å². The van der Waals surface area contributed by atoms with Gasteiger partial charge in [-0.25, -0.2) is 8.78 Å². The van der Waals surface area contributed by atoms with E-state index in [-0.39, 0.29) is 12.2 Å². The van der Waals surface area contributed by atoms with Crippen molar-refractivity contribution in [3.63, 3.8) is 0 Å². The Balaban J connectivity index is 2.15. The zero-order chi connectivity index (χ0) is 12.3. The molecule has 0 atom stereocenters. The fraction of sp³-hybridized carbons (Fsp3) is 0.462. The zero-order valence-corrected chi connectivity index (χ0v) is 9.42. The molecule has 0 spiro atoms. The number of halogens is 2. The van der Waals surface area contributed by atoms with Gasteiger partial charge < -0.3 is 9.53 Å². The maximum atomic E-state index is 13.6. The molecule has 0 saturated heterocycles. The van der Waals surface area contributed by atoms with E-state index in [0.29, 0.717) is 24.5 Å². The molecule has 4 heteroatoms. The van der Waals surface area contributed by atoms with Crippen molar-refractivity contribution in [3.05, 3.63) is 29.3 Å². The quantitative estimate of drug-likeness (QED) is 0.715. The average Bonchev–Trinajstić information content (AvgIpc) is 3.08. The summed E-state index contributed by atoms with van der Waals surface area (Å²) >= 11 is 0. The number of ether oxygens (including phenoxy) is 1. The highest BCUT2D eigenvalue weighted by Gasteiger charge is 2.23. The number of carbonyl (C=O) groups excluding carboxylic acids is 1. The van der Waals surface area contributed by atoms with Crippen molar-refractivity contribution in [2.45, 2.75) is 25.7 Å². The van der Waals surface area contributed by atoms with Gasteiger partial charge in [0.25, 0.3) is 0 Å². The second-order valence-corrected chi connectivity index (χ2v) is 4.34. The lowest BCUT2D eigenvalue weighted by Gasteiger charge is -2.11. The van der Waals surface area contributed by atoms with E-state index in [9.17, 15) is 13.6 Å². The van der Waals surface area contributed by atoms with Crippen LogP contribution in [0.25, 0.3) is 0 Å². The summed E-state index contributed by atoms with van der Waals surface area (Å²) in [4.78, 5) is 10.3. The van der Waals surface area contributed by atoms with Crippen LogP contribution in [-0.4, -0.2) is 12.9 Å². The van der Waals surface area contributed by atoms with E-state index >= 15 is 0 Å². The third-order valence-corrected chi connectivity index (χ3v) is 2.78. The van der Waals surface area contributed by atoms with Gasteiger partial charge in [0.05, 0.1) is 6.61 Å². The standard InChI is InChI=1S/C13H14F2O2/c14-11-6-10(2-1-5-16)13(12(15)7-11)17-8-9-3-4-9/h5-7,9H,1-4,8H2. The van der Waals surface area contributed by atoms with Crippen LogP contribution in [-0.2, 0) is 11.2 Å². The molecular weight excluding hydrogens is 226 g/mol. The summed E-state index contributed by atoms with van der Waals surface area (Å²) in [5.74, 6) is -0.729. The van der Waals surface area contributed by atoms with Crippen molar-refractivity contribution in [2.24, 2.45) is 5.92 Å². The molecule has 0 aromatic heterocycles. The Labute approximate surface area is 98.6 Å². The van der Waals surface area contributed by atoms with E-state index in [2.05, 4.69) is 0 Å². The normalized spacial score (nSPS) is 14.7. The second-order valence-electron chi connectivity index (χ2n) is 4.34. The fourth-order valence-electron chi connectivity index (χ4n) is 1.66. The van der Waals surface area contributed by atoms with Gasteiger partial charge in [-0.05, 0) is 31.2 Å². The van der Waals surface area contributed by atoms with Crippen LogP contribution in [0.1, 0.15) is 24.8 Å². The molecule has 0 N–H and O–H groups in total. The number of carbonyl (C=O) groups is 1. The maximum Gasteiger partial charge on any atom is 0.168 e. The van der Waals surface area contributed by atoms with Crippen molar-refractivity contribution in [1.82, 2.24) is 0 Å². The molecule has 0 radical (unpaired) electrons. The van der Waals surface area contributed by atoms with Gasteiger partial charge in [-0.1, -0.05) is 0 Å². The smallest absolute Gasteiger partial charge is 0.168 e. The van der Waals surface area contributed by atoms with Gasteiger partial charge in [0, 0.05) is 18.1 Å². The predicted octanol–water partition coefficient (Wildman–Crippen LogP) is 2.89. The Bertz CT molecular complexity index is 414. The third kappa shape index (κ3) is 3.25. The molecule has 2 rings (SSSR count). The Morgan fingerprint density at radius 2 is 2.12 bits per heavy atom. The molecule has 92 valence electrons. The molecule has 1 aliphatic carbocycles. The lowest BCUT2D eigenvalue weighted by Crippen LogP contribution is -2.05. The number of hydrogen-bond donors (Lipinski definition) is 0. The lowest BCUT2D eigenvalue weighted by molar-refractivity contribution is -0.107. The molecule has 17 heavy (non-hydrogen) atoms. The van der Waals surface area contributed by atoms with Crippen molar-refractivity contribution >= 4 is 6.29 Å². The van der Waals surface area contributed by atoms with Gasteiger partial charge >= 0.3 is 0 Å². The third-order valence-electron chi connectivity index (χ3n) is 2.78. The monoisotopic (exact) mass is 240 g/mol. The lowest BCUT2D eigenvalue weighted by atomic mass is 10.1. The minimum Gasteiger partial charge on any atom is -0.490 e. The molecule has 1 fully saturated rings. The summed E-state index contributed by atoms with van der Waals surface area (Å²) in [7, 11) is 0. The Morgan fingerprint density at radius 3 is 2.76 bits per heavy atom. The Kier molecular flexibility index (Phi) is 3.71. The van der Waals surface area contributed by atoms with Gasteiger partial charge in [0.1, 0.15) is 12.1 Å².